The summed E-state index contributed by atoms with van der Waals surface area (Å²) in [5.41, 5.74) is 1.73. The molecule has 0 fully saturated rings. The Hall–Kier alpha value is -1.36. The molecule has 1 N–H and O–H groups in total. The number of benzene rings is 1. The first-order chi connectivity index (χ1) is 9.78. The molecule has 3 aromatic rings. The number of hydrogen-bond acceptors (Lipinski definition) is 4. The van der Waals surface area contributed by atoms with Gasteiger partial charge in [-0.15, -0.1) is 11.3 Å². The zero-order chi connectivity index (χ0) is 13.9. The number of oxazole rings is 1. The third-order valence-corrected chi connectivity index (χ3v) is 4.60. The van der Waals surface area contributed by atoms with Gasteiger partial charge < -0.3 is 9.73 Å². The molecular formula is C15H15ClN2OS. The van der Waals surface area contributed by atoms with Crippen molar-refractivity contribution in [2.75, 3.05) is 6.54 Å². The van der Waals surface area contributed by atoms with Crippen molar-refractivity contribution in [2.24, 2.45) is 0 Å². The Morgan fingerprint density at radius 2 is 2.20 bits per heavy atom. The molecule has 0 aliphatic heterocycles. The number of fused-ring (bicyclic) bond motifs is 1. The third-order valence-electron chi connectivity index (χ3n) is 3.13. The molecule has 0 spiro atoms. The molecule has 0 radical (unpaired) electrons. The van der Waals surface area contributed by atoms with Gasteiger partial charge in [0, 0.05) is 11.3 Å². The van der Waals surface area contributed by atoms with E-state index in [9.17, 15) is 0 Å². The second kappa shape index (κ2) is 5.95. The van der Waals surface area contributed by atoms with E-state index in [1.54, 1.807) is 11.3 Å². The van der Waals surface area contributed by atoms with Gasteiger partial charge >= 0.3 is 0 Å². The number of aromatic nitrogens is 1. The van der Waals surface area contributed by atoms with Crippen LogP contribution in [0.3, 0.4) is 0 Å². The Bertz CT molecular complexity index is 674. The summed E-state index contributed by atoms with van der Waals surface area (Å²) in [6.07, 6.45) is 0.697. The van der Waals surface area contributed by atoms with Gasteiger partial charge in [0.15, 0.2) is 11.5 Å². The number of nitrogens with one attached hydrogen (secondary N) is 1. The minimum Gasteiger partial charge on any atom is -0.441 e. The molecule has 5 heteroatoms. The van der Waals surface area contributed by atoms with Gasteiger partial charge in [-0.3, -0.25) is 0 Å². The van der Waals surface area contributed by atoms with E-state index in [-0.39, 0.29) is 6.04 Å². The van der Waals surface area contributed by atoms with Gasteiger partial charge in [-0.2, -0.15) is 0 Å². The minimum atomic E-state index is 0.139. The lowest BCUT2D eigenvalue weighted by atomic mass is 10.1. The Kier molecular flexibility index (Phi) is 4.05. The number of rotatable bonds is 5. The molecule has 0 bridgehead atoms. The van der Waals surface area contributed by atoms with Crippen LogP contribution in [0.5, 0.6) is 0 Å². The van der Waals surface area contributed by atoms with Gasteiger partial charge in [0.25, 0.3) is 0 Å². The van der Waals surface area contributed by atoms with E-state index in [1.807, 2.05) is 35.7 Å². The van der Waals surface area contributed by atoms with Crippen molar-refractivity contribution in [3.63, 3.8) is 0 Å². The smallest absolute Gasteiger partial charge is 0.197 e. The Labute approximate surface area is 126 Å². The Balaban J connectivity index is 1.88. The fraction of sp³-hybridized carbons (Fsp3) is 0.267. The van der Waals surface area contributed by atoms with Crippen LogP contribution in [0.2, 0.25) is 5.02 Å². The Morgan fingerprint density at radius 1 is 1.35 bits per heavy atom. The molecular weight excluding hydrogens is 292 g/mol. The zero-order valence-electron chi connectivity index (χ0n) is 11.1. The maximum absolute atomic E-state index is 6.23. The van der Waals surface area contributed by atoms with Crippen LogP contribution in [0.25, 0.3) is 11.1 Å². The predicted molar refractivity (Wildman–Crippen MR) is 83.5 cm³/mol. The normalized spacial score (nSPS) is 12.9. The average Bonchev–Trinajstić information content (AvgIpc) is 3.03. The summed E-state index contributed by atoms with van der Waals surface area (Å²) < 4.78 is 5.79. The van der Waals surface area contributed by atoms with Gasteiger partial charge in [0.2, 0.25) is 0 Å². The van der Waals surface area contributed by atoms with Crippen LogP contribution >= 0.6 is 22.9 Å². The standard InChI is InChI=1S/C15H15ClN2OS/c1-2-17-12(15-10(16)7-8-20-15)9-14-18-11-5-3-4-6-13(11)19-14/h3-8,12,17H,2,9H2,1H3. The quantitative estimate of drug-likeness (QED) is 0.757. The van der Waals surface area contributed by atoms with Crippen LogP contribution in [-0.4, -0.2) is 11.5 Å². The molecule has 1 atom stereocenters. The van der Waals surface area contributed by atoms with E-state index in [4.69, 9.17) is 16.0 Å². The fourth-order valence-corrected chi connectivity index (χ4v) is 3.51. The first-order valence-electron chi connectivity index (χ1n) is 6.58. The molecule has 0 aliphatic rings. The number of hydrogen-bond donors (Lipinski definition) is 1. The number of halogens is 1. The molecule has 20 heavy (non-hydrogen) atoms. The van der Waals surface area contributed by atoms with Crippen molar-refractivity contribution in [3.05, 3.63) is 51.5 Å². The summed E-state index contributed by atoms with van der Waals surface area (Å²) >= 11 is 7.89. The van der Waals surface area contributed by atoms with Crippen molar-refractivity contribution in [1.29, 1.82) is 0 Å². The highest BCUT2D eigenvalue weighted by molar-refractivity contribution is 7.10. The number of nitrogens with zero attached hydrogens (tertiary/aromatic N) is 1. The molecule has 3 rings (SSSR count). The fourth-order valence-electron chi connectivity index (χ4n) is 2.24. The lowest BCUT2D eigenvalue weighted by Gasteiger charge is -2.15. The molecule has 0 saturated carbocycles. The Morgan fingerprint density at radius 3 is 2.90 bits per heavy atom. The van der Waals surface area contributed by atoms with Gasteiger partial charge in [-0.1, -0.05) is 30.7 Å². The summed E-state index contributed by atoms with van der Waals surface area (Å²) in [6, 6.07) is 9.88. The summed E-state index contributed by atoms with van der Waals surface area (Å²) in [4.78, 5) is 5.66. The number of thiophene rings is 1. The molecule has 0 aliphatic carbocycles. The molecule has 104 valence electrons. The SMILES string of the molecule is CCNC(Cc1nc2ccccc2o1)c1sccc1Cl. The van der Waals surface area contributed by atoms with E-state index >= 15 is 0 Å². The van der Waals surface area contributed by atoms with Gasteiger partial charge in [-0.05, 0) is 30.1 Å². The van der Waals surface area contributed by atoms with Crippen LogP contribution in [0.1, 0.15) is 23.7 Å². The van der Waals surface area contributed by atoms with Crippen LogP contribution < -0.4 is 5.32 Å². The van der Waals surface area contributed by atoms with Crippen LogP contribution in [0.15, 0.2) is 40.1 Å². The molecule has 0 saturated heterocycles. The van der Waals surface area contributed by atoms with Gasteiger partial charge in [-0.25, -0.2) is 4.98 Å². The predicted octanol–water partition coefficient (Wildman–Crippen LogP) is 4.44. The highest BCUT2D eigenvalue weighted by Gasteiger charge is 2.18. The van der Waals surface area contributed by atoms with Crippen molar-refractivity contribution in [3.8, 4) is 0 Å². The molecule has 2 aromatic heterocycles. The number of likely N-dealkylation sites (N-methyl/N-ethyl adjacent to an activating group) is 1. The maximum atomic E-state index is 6.23. The van der Waals surface area contributed by atoms with E-state index in [0.29, 0.717) is 6.42 Å². The van der Waals surface area contributed by atoms with Crippen molar-refractivity contribution in [1.82, 2.24) is 10.3 Å². The van der Waals surface area contributed by atoms with E-state index in [2.05, 4.69) is 17.2 Å². The molecule has 1 unspecified atom stereocenters. The first-order valence-corrected chi connectivity index (χ1v) is 7.84. The van der Waals surface area contributed by atoms with Crippen LogP contribution in [-0.2, 0) is 6.42 Å². The van der Waals surface area contributed by atoms with Gasteiger partial charge in [0.1, 0.15) is 5.52 Å². The highest BCUT2D eigenvalue weighted by atomic mass is 35.5. The van der Waals surface area contributed by atoms with E-state index in [1.165, 1.54) is 0 Å². The summed E-state index contributed by atoms with van der Waals surface area (Å²) in [5.74, 6) is 0.738. The number of para-hydroxylation sites is 2. The van der Waals surface area contributed by atoms with Crippen molar-refractivity contribution in [2.45, 2.75) is 19.4 Å². The topological polar surface area (TPSA) is 38.1 Å². The molecule has 0 amide bonds. The largest absolute Gasteiger partial charge is 0.441 e. The minimum absolute atomic E-state index is 0.139. The van der Waals surface area contributed by atoms with Crippen molar-refractivity contribution >= 4 is 34.0 Å². The van der Waals surface area contributed by atoms with Gasteiger partial charge in [0.05, 0.1) is 11.1 Å². The third kappa shape index (κ3) is 2.73. The van der Waals surface area contributed by atoms with E-state index < -0.39 is 0 Å². The molecule has 2 heterocycles. The second-order valence-electron chi connectivity index (χ2n) is 4.52. The average molecular weight is 307 g/mol. The maximum Gasteiger partial charge on any atom is 0.197 e. The highest BCUT2D eigenvalue weighted by Crippen LogP contribution is 2.31. The molecule has 1 aromatic carbocycles. The summed E-state index contributed by atoms with van der Waals surface area (Å²) in [7, 11) is 0. The second-order valence-corrected chi connectivity index (χ2v) is 5.88. The van der Waals surface area contributed by atoms with Crippen LogP contribution in [0.4, 0.5) is 0 Å². The lowest BCUT2D eigenvalue weighted by molar-refractivity contribution is 0.464. The summed E-state index contributed by atoms with van der Waals surface area (Å²) in [6.45, 7) is 2.96. The van der Waals surface area contributed by atoms with E-state index in [0.717, 1.165) is 33.4 Å². The summed E-state index contributed by atoms with van der Waals surface area (Å²) in [5, 5.41) is 6.26. The zero-order valence-corrected chi connectivity index (χ0v) is 12.7. The monoisotopic (exact) mass is 306 g/mol. The van der Waals surface area contributed by atoms with Crippen molar-refractivity contribution < 1.29 is 4.42 Å². The van der Waals surface area contributed by atoms with Crippen LogP contribution in [0, 0.1) is 0 Å². The lowest BCUT2D eigenvalue weighted by Crippen LogP contribution is -2.22. The molecule has 3 nitrogen and oxygen atoms in total. The first kappa shape index (κ1) is 13.6.